The highest BCUT2D eigenvalue weighted by atomic mass is 32.1. The van der Waals surface area contributed by atoms with Crippen LogP contribution in [0.2, 0.25) is 0 Å². The van der Waals surface area contributed by atoms with Gasteiger partial charge in [0.05, 0.1) is 7.11 Å². The predicted octanol–water partition coefficient (Wildman–Crippen LogP) is 8.82. The first-order chi connectivity index (χ1) is 28.7. The predicted molar refractivity (Wildman–Crippen MR) is 240 cm³/mol. The van der Waals surface area contributed by atoms with Gasteiger partial charge in [0.15, 0.2) is 0 Å². The number of hydrogen-bond donors (Lipinski definition) is 3. The number of rotatable bonds is 5. The lowest BCUT2D eigenvalue weighted by atomic mass is 9.99. The van der Waals surface area contributed by atoms with Gasteiger partial charge in [-0.15, -0.1) is 21.3 Å². The van der Waals surface area contributed by atoms with E-state index >= 15 is 0 Å². The van der Waals surface area contributed by atoms with Crippen LogP contribution in [0.25, 0.3) is 11.1 Å². The number of hydrogen-bond acceptors (Lipinski definition) is 11. The van der Waals surface area contributed by atoms with E-state index in [1.807, 2.05) is 41.8 Å². The Balaban J connectivity index is 1.44. The van der Waals surface area contributed by atoms with E-state index in [9.17, 15) is 24.0 Å². The summed E-state index contributed by atoms with van der Waals surface area (Å²) in [6.07, 6.45) is 1.80. The minimum absolute atomic E-state index is 0.000368. The Hall–Kier alpha value is -5.91. The van der Waals surface area contributed by atoms with Crippen molar-refractivity contribution in [3.05, 3.63) is 57.8 Å². The molecule has 2 aliphatic rings. The van der Waals surface area contributed by atoms with Crippen molar-refractivity contribution in [3.63, 3.8) is 0 Å². The molecule has 4 rings (SSSR count). The van der Waals surface area contributed by atoms with Crippen molar-refractivity contribution in [2.75, 3.05) is 38.6 Å². The normalized spacial score (nSPS) is 15.4. The number of carbonyl (C=O) groups excluding carboxylic acids is 5. The first kappa shape index (κ1) is 48.8. The minimum atomic E-state index is -0.852. The van der Waals surface area contributed by atoms with E-state index in [1.165, 1.54) is 18.4 Å². The number of aliphatic imine (C=N–C) groups is 2. The fraction of sp³-hybridized carbons (Fsp3) is 0.523. The number of alkyl carbamates (subject to hydrolysis) is 2. The molecule has 18 heteroatoms. The quantitative estimate of drug-likeness (QED) is 0.147. The lowest BCUT2D eigenvalue weighted by Gasteiger charge is -2.30. The highest BCUT2D eigenvalue weighted by Gasteiger charge is 2.29. The molecule has 17 nitrogen and oxygen atoms in total. The molecule has 338 valence electrons. The third-order valence-electron chi connectivity index (χ3n) is 8.44. The first-order valence-corrected chi connectivity index (χ1v) is 21.2. The second-order valence-corrected chi connectivity index (χ2v) is 19.4. The zero-order chi connectivity index (χ0) is 46.2. The summed E-state index contributed by atoms with van der Waals surface area (Å²) in [6, 6.07) is 7.47. The molecular formula is C44H61N7O10S. The van der Waals surface area contributed by atoms with Crippen molar-refractivity contribution in [3.8, 4) is 5.75 Å². The van der Waals surface area contributed by atoms with Gasteiger partial charge in [-0.3, -0.25) is 15.4 Å². The van der Waals surface area contributed by atoms with E-state index in [0.717, 1.165) is 22.3 Å². The van der Waals surface area contributed by atoms with Gasteiger partial charge in [-0.25, -0.2) is 19.2 Å². The van der Waals surface area contributed by atoms with Crippen molar-refractivity contribution in [1.29, 1.82) is 0 Å². The molecule has 0 aliphatic carbocycles. The van der Waals surface area contributed by atoms with Crippen LogP contribution in [0.1, 0.15) is 117 Å². The fourth-order valence-electron chi connectivity index (χ4n) is 6.00. The Bertz CT molecular complexity index is 2110. The topological polar surface area (TPSA) is 199 Å². The van der Waals surface area contributed by atoms with E-state index in [4.69, 9.17) is 23.7 Å². The number of guanidine groups is 2. The van der Waals surface area contributed by atoms with E-state index in [-0.39, 0.29) is 24.4 Å². The Kier molecular flexibility index (Phi) is 15.6. The Labute approximate surface area is 367 Å². The molecule has 3 N–H and O–H groups in total. The number of thiophene rings is 1. The molecule has 1 aromatic heterocycles. The first-order valence-electron chi connectivity index (χ1n) is 20.3. The lowest BCUT2D eigenvalue weighted by Crippen LogP contribution is -2.48. The van der Waals surface area contributed by atoms with Crippen LogP contribution in [0, 0.1) is 0 Å². The van der Waals surface area contributed by atoms with E-state index in [1.54, 1.807) is 92.9 Å². The molecule has 0 unspecified atom stereocenters. The van der Waals surface area contributed by atoms with E-state index in [0.29, 0.717) is 48.8 Å². The molecule has 0 fully saturated rings. The van der Waals surface area contributed by atoms with Crippen LogP contribution >= 0.6 is 11.3 Å². The summed E-state index contributed by atoms with van der Waals surface area (Å²) in [4.78, 5) is 76.2. The van der Waals surface area contributed by atoms with Crippen molar-refractivity contribution in [2.24, 2.45) is 9.98 Å². The number of nitrogens with zero attached hydrogens (tertiary/aromatic N) is 4. The number of anilines is 1. The van der Waals surface area contributed by atoms with Crippen LogP contribution in [0.4, 0.5) is 24.9 Å². The zero-order valence-corrected chi connectivity index (χ0v) is 38.9. The van der Waals surface area contributed by atoms with Crippen molar-refractivity contribution in [1.82, 2.24) is 20.4 Å². The number of ether oxygens (including phenoxy) is 5. The van der Waals surface area contributed by atoms with Crippen molar-refractivity contribution >= 4 is 70.4 Å². The van der Waals surface area contributed by atoms with Gasteiger partial charge >= 0.3 is 24.4 Å². The molecule has 2 aliphatic heterocycles. The fourth-order valence-corrected chi connectivity index (χ4v) is 6.95. The van der Waals surface area contributed by atoms with E-state index < -0.39 is 46.8 Å². The number of benzene rings is 1. The van der Waals surface area contributed by atoms with Crippen molar-refractivity contribution < 1.29 is 47.7 Å². The number of methoxy groups -OCH3 is 1. The third-order valence-corrected chi connectivity index (χ3v) is 9.40. The molecule has 0 saturated carbocycles. The van der Waals surface area contributed by atoms with Crippen LogP contribution < -0.4 is 20.7 Å². The van der Waals surface area contributed by atoms with Crippen molar-refractivity contribution in [2.45, 2.75) is 118 Å². The summed E-state index contributed by atoms with van der Waals surface area (Å²) in [5, 5.41) is 10.1. The smallest absolute Gasteiger partial charge is 0.437 e. The maximum Gasteiger partial charge on any atom is 0.437 e. The van der Waals surface area contributed by atoms with Gasteiger partial charge in [0.1, 0.15) is 33.0 Å². The van der Waals surface area contributed by atoms with Crippen LogP contribution in [0.3, 0.4) is 0 Å². The Morgan fingerprint density at radius 2 is 1.06 bits per heavy atom. The molecular weight excluding hydrogens is 819 g/mol. The number of carbonyl (C=O) groups is 5. The molecule has 5 amide bonds. The summed E-state index contributed by atoms with van der Waals surface area (Å²) >= 11 is 1.26. The van der Waals surface area contributed by atoms with Gasteiger partial charge in [-0.05, 0) is 125 Å². The molecule has 62 heavy (non-hydrogen) atoms. The summed E-state index contributed by atoms with van der Waals surface area (Å²) in [6.45, 7) is 22.3. The second kappa shape index (κ2) is 19.9. The molecule has 2 aromatic rings. The molecule has 0 spiro atoms. The minimum Gasteiger partial charge on any atom is -0.494 e. The maximum atomic E-state index is 13.6. The SMILES string of the molecule is COc1c(C2=CCN(C(=NC(=O)OC(C)(C)C)NC(=O)OC(C)(C)C)CC2)csc1C(=O)Nc1ccc(C2=CCN(C(=NC(=O)OC(C)(C)C)NC(=O)OC(C)(C)C)CC2)cc1. The maximum absolute atomic E-state index is 13.6. The molecule has 3 heterocycles. The summed E-state index contributed by atoms with van der Waals surface area (Å²) in [7, 11) is 1.52. The lowest BCUT2D eigenvalue weighted by molar-refractivity contribution is 0.0536. The highest BCUT2D eigenvalue weighted by Crippen LogP contribution is 2.38. The average Bonchev–Trinajstić information content (AvgIpc) is 3.56. The van der Waals surface area contributed by atoms with Gasteiger partial charge in [-0.1, -0.05) is 24.3 Å². The Morgan fingerprint density at radius 3 is 1.45 bits per heavy atom. The van der Waals surface area contributed by atoms with Gasteiger partial charge in [0.2, 0.25) is 11.9 Å². The van der Waals surface area contributed by atoms with Crippen LogP contribution in [-0.4, -0.2) is 108 Å². The van der Waals surface area contributed by atoms with Gasteiger partial charge < -0.3 is 38.8 Å². The molecule has 1 aromatic carbocycles. The summed E-state index contributed by atoms with van der Waals surface area (Å²) in [5.74, 6) is 0.132. The molecule has 0 bridgehead atoms. The zero-order valence-electron chi connectivity index (χ0n) is 38.1. The molecule has 0 atom stereocenters. The van der Waals surface area contributed by atoms with Gasteiger partial charge in [-0.2, -0.15) is 0 Å². The number of amides is 5. The largest absolute Gasteiger partial charge is 0.494 e. The van der Waals surface area contributed by atoms with Crippen LogP contribution in [0.5, 0.6) is 5.75 Å². The third kappa shape index (κ3) is 15.5. The monoisotopic (exact) mass is 879 g/mol. The average molecular weight is 880 g/mol. The second-order valence-electron chi connectivity index (χ2n) is 18.5. The molecule has 0 radical (unpaired) electrons. The molecule has 0 saturated heterocycles. The van der Waals surface area contributed by atoms with E-state index in [2.05, 4.69) is 25.9 Å². The van der Waals surface area contributed by atoms with Gasteiger partial charge in [0.25, 0.3) is 5.91 Å². The standard InChI is InChI=1S/C44H61N7O10S/c1-41(2,3)58-37(53)46-35(47-38(54)59-42(4,5)6)50-22-18-28(19-23-50)27-14-16-30(17-15-27)45-34(52)33-32(57-13)31(26-62-33)29-20-24-51(25-21-29)36(48-39(55)60-43(7,8)9)49-40(56)61-44(10,11)12/h14-18,20,26H,19,21-25H2,1-13H3,(H,45,52)(H,46,47,53,54)(H,48,49,55,56). The number of nitrogens with one attached hydrogen (secondary N) is 3. The highest BCUT2D eigenvalue weighted by molar-refractivity contribution is 7.12. The summed E-state index contributed by atoms with van der Waals surface area (Å²) < 4.78 is 27.3. The van der Waals surface area contributed by atoms with Crippen LogP contribution in [-0.2, 0) is 18.9 Å². The summed E-state index contributed by atoms with van der Waals surface area (Å²) in [5.41, 5.74) is 1.19. The Morgan fingerprint density at radius 1 is 0.629 bits per heavy atom. The van der Waals surface area contributed by atoms with Gasteiger partial charge in [0, 0.05) is 42.8 Å². The van der Waals surface area contributed by atoms with Crippen LogP contribution in [0.15, 0.2) is 51.8 Å².